The molecule has 118 valence electrons. The fraction of sp³-hybridized carbons (Fsp3) is 0.733. The minimum absolute atomic E-state index is 0.379. The van der Waals surface area contributed by atoms with Gasteiger partial charge in [0.1, 0.15) is 6.04 Å². The van der Waals surface area contributed by atoms with Crippen LogP contribution in [-0.4, -0.2) is 38.3 Å². The molecule has 0 amide bonds. The van der Waals surface area contributed by atoms with E-state index in [1.165, 1.54) is 0 Å². The third-order valence-corrected chi connectivity index (χ3v) is 5.52. The number of likely N-dealkylation sites (tertiary alicyclic amines) is 1. The number of carbonyl (C=O) groups is 1. The van der Waals surface area contributed by atoms with Gasteiger partial charge in [0, 0.05) is 13.1 Å². The maximum Gasteiger partial charge on any atom is 0.320 e. The summed E-state index contributed by atoms with van der Waals surface area (Å²) in [5.74, 6) is -0.174. The second kappa shape index (κ2) is 6.92. The van der Waals surface area contributed by atoms with Crippen molar-refractivity contribution < 1.29 is 9.90 Å². The summed E-state index contributed by atoms with van der Waals surface area (Å²) in [6.45, 7) is 8.45. The Bertz CT molecular complexity index is 515. The van der Waals surface area contributed by atoms with Gasteiger partial charge in [-0.1, -0.05) is 13.3 Å². The molecule has 1 fully saturated rings. The molecule has 0 aromatic carbocycles. The lowest BCUT2D eigenvalue weighted by Gasteiger charge is -2.37. The minimum atomic E-state index is -0.705. The third kappa shape index (κ3) is 3.48. The van der Waals surface area contributed by atoms with E-state index in [1.807, 2.05) is 11.6 Å². The number of halogens is 1. The van der Waals surface area contributed by atoms with E-state index in [-0.39, 0.29) is 6.04 Å². The smallest absolute Gasteiger partial charge is 0.320 e. The number of carboxylic acid groups (broad SMARTS) is 1. The predicted molar refractivity (Wildman–Crippen MR) is 85.2 cm³/mol. The first-order valence-corrected chi connectivity index (χ1v) is 8.45. The largest absolute Gasteiger partial charge is 0.480 e. The molecular formula is C15H24BrN3O2. The van der Waals surface area contributed by atoms with Crippen LogP contribution in [0.2, 0.25) is 0 Å². The summed E-state index contributed by atoms with van der Waals surface area (Å²) in [7, 11) is 0. The lowest BCUT2D eigenvalue weighted by atomic mass is 9.89. The Labute approximate surface area is 134 Å². The van der Waals surface area contributed by atoms with Crippen LogP contribution in [0.15, 0.2) is 4.47 Å². The van der Waals surface area contributed by atoms with Crippen LogP contribution in [0, 0.1) is 12.8 Å². The Kier molecular flexibility index (Phi) is 5.43. The van der Waals surface area contributed by atoms with Gasteiger partial charge in [-0.05, 0) is 55.1 Å². The highest BCUT2D eigenvalue weighted by molar-refractivity contribution is 9.10. The molecule has 2 atom stereocenters. The SMILES string of the molecule is CCC1CCN(Cc2c(Br)c(C)nn2CC)C(C(=O)O)C1. The molecule has 1 saturated heterocycles. The fourth-order valence-corrected chi connectivity index (χ4v) is 3.53. The molecule has 0 spiro atoms. The van der Waals surface area contributed by atoms with Crippen molar-refractivity contribution in [1.29, 1.82) is 0 Å². The number of hydrogen-bond acceptors (Lipinski definition) is 3. The summed E-state index contributed by atoms with van der Waals surface area (Å²) in [4.78, 5) is 13.7. The number of hydrogen-bond donors (Lipinski definition) is 1. The Morgan fingerprint density at radius 1 is 1.48 bits per heavy atom. The molecule has 1 aromatic rings. The molecule has 0 radical (unpaired) electrons. The minimum Gasteiger partial charge on any atom is -0.480 e. The van der Waals surface area contributed by atoms with E-state index in [9.17, 15) is 9.90 Å². The van der Waals surface area contributed by atoms with Crippen LogP contribution in [0.5, 0.6) is 0 Å². The van der Waals surface area contributed by atoms with Gasteiger partial charge in [-0.2, -0.15) is 5.10 Å². The second-order valence-corrected chi connectivity index (χ2v) is 6.58. The quantitative estimate of drug-likeness (QED) is 0.879. The van der Waals surface area contributed by atoms with Crippen molar-refractivity contribution in [3.8, 4) is 0 Å². The standard InChI is InChI=1S/C15H24BrN3O2/c1-4-11-6-7-18(12(8-11)15(20)21)9-13-14(16)10(3)17-19(13)5-2/h11-12H,4-9H2,1-3H3,(H,20,21). The topological polar surface area (TPSA) is 58.4 Å². The van der Waals surface area contributed by atoms with Gasteiger partial charge in [-0.25, -0.2) is 0 Å². The Balaban J connectivity index is 2.19. The van der Waals surface area contributed by atoms with Crippen molar-refractivity contribution in [3.05, 3.63) is 15.9 Å². The zero-order valence-electron chi connectivity index (χ0n) is 13.0. The van der Waals surface area contributed by atoms with Gasteiger partial charge in [-0.3, -0.25) is 14.4 Å². The Hall–Kier alpha value is -0.880. The Morgan fingerprint density at radius 3 is 2.76 bits per heavy atom. The molecule has 2 unspecified atom stereocenters. The molecule has 21 heavy (non-hydrogen) atoms. The van der Waals surface area contributed by atoms with Crippen LogP contribution in [0.3, 0.4) is 0 Å². The highest BCUT2D eigenvalue weighted by atomic mass is 79.9. The first kappa shape index (κ1) is 16.5. The molecule has 2 rings (SSSR count). The van der Waals surface area contributed by atoms with Crippen molar-refractivity contribution in [3.63, 3.8) is 0 Å². The number of piperidine rings is 1. The zero-order chi connectivity index (χ0) is 15.6. The maximum absolute atomic E-state index is 11.6. The van der Waals surface area contributed by atoms with E-state index in [2.05, 4.69) is 39.8 Å². The number of aryl methyl sites for hydroxylation is 2. The summed E-state index contributed by atoms with van der Waals surface area (Å²) in [5, 5.41) is 14.0. The number of aliphatic carboxylic acids is 1. The molecule has 1 aliphatic heterocycles. The average Bonchev–Trinajstić information content (AvgIpc) is 2.75. The lowest BCUT2D eigenvalue weighted by molar-refractivity contribution is -0.145. The summed E-state index contributed by atoms with van der Waals surface area (Å²) in [6, 6.07) is -0.379. The first-order chi connectivity index (χ1) is 9.97. The van der Waals surface area contributed by atoms with Gasteiger partial charge >= 0.3 is 5.97 Å². The van der Waals surface area contributed by atoms with E-state index < -0.39 is 5.97 Å². The molecular weight excluding hydrogens is 334 g/mol. The van der Waals surface area contributed by atoms with Crippen LogP contribution < -0.4 is 0 Å². The van der Waals surface area contributed by atoms with Gasteiger partial charge < -0.3 is 5.11 Å². The number of nitrogens with zero attached hydrogens (tertiary/aromatic N) is 3. The van der Waals surface area contributed by atoms with Crippen molar-refractivity contribution in [1.82, 2.24) is 14.7 Å². The van der Waals surface area contributed by atoms with E-state index in [0.29, 0.717) is 12.5 Å². The fourth-order valence-electron chi connectivity index (χ4n) is 3.12. The van der Waals surface area contributed by atoms with Crippen molar-refractivity contribution >= 4 is 21.9 Å². The molecule has 5 nitrogen and oxygen atoms in total. The molecule has 1 aromatic heterocycles. The molecule has 2 heterocycles. The van der Waals surface area contributed by atoms with E-state index in [1.54, 1.807) is 0 Å². The van der Waals surface area contributed by atoms with Crippen LogP contribution in [0.1, 0.15) is 44.5 Å². The van der Waals surface area contributed by atoms with E-state index >= 15 is 0 Å². The van der Waals surface area contributed by atoms with Gasteiger partial charge in [0.15, 0.2) is 0 Å². The maximum atomic E-state index is 11.6. The van der Waals surface area contributed by atoms with E-state index in [0.717, 1.165) is 48.2 Å². The average molecular weight is 358 g/mol. The molecule has 0 aliphatic carbocycles. The van der Waals surface area contributed by atoms with Crippen LogP contribution >= 0.6 is 15.9 Å². The van der Waals surface area contributed by atoms with Gasteiger partial charge in [0.05, 0.1) is 15.9 Å². The number of rotatable bonds is 5. The molecule has 1 N–H and O–H groups in total. The number of aromatic nitrogens is 2. The van der Waals surface area contributed by atoms with Crippen LogP contribution in [-0.2, 0) is 17.9 Å². The normalized spacial score (nSPS) is 23.4. The molecule has 0 saturated carbocycles. The summed E-state index contributed by atoms with van der Waals surface area (Å²) in [5.41, 5.74) is 2.04. The lowest BCUT2D eigenvalue weighted by Crippen LogP contribution is -2.46. The second-order valence-electron chi connectivity index (χ2n) is 5.79. The van der Waals surface area contributed by atoms with Gasteiger partial charge in [0.25, 0.3) is 0 Å². The van der Waals surface area contributed by atoms with Gasteiger partial charge in [0.2, 0.25) is 0 Å². The zero-order valence-corrected chi connectivity index (χ0v) is 14.6. The molecule has 1 aliphatic rings. The molecule has 6 heteroatoms. The predicted octanol–water partition coefficient (Wildman–Crippen LogP) is 3.05. The van der Waals surface area contributed by atoms with Crippen LogP contribution in [0.4, 0.5) is 0 Å². The van der Waals surface area contributed by atoms with Crippen molar-refractivity contribution in [2.24, 2.45) is 5.92 Å². The van der Waals surface area contributed by atoms with Gasteiger partial charge in [-0.15, -0.1) is 0 Å². The van der Waals surface area contributed by atoms with Crippen molar-refractivity contribution in [2.75, 3.05) is 6.54 Å². The number of carboxylic acids is 1. The monoisotopic (exact) mass is 357 g/mol. The van der Waals surface area contributed by atoms with Crippen LogP contribution in [0.25, 0.3) is 0 Å². The summed E-state index contributed by atoms with van der Waals surface area (Å²) < 4.78 is 2.97. The third-order valence-electron chi connectivity index (χ3n) is 4.49. The Morgan fingerprint density at radius 2 is 2.19 bits per heavy atom. The first-order valence-electron chi connectivity index (χ1n) is 7.66. The highest BCUT2D eigenvalue weighted by Gasteiger charge is 2.33. The summed E-state index contributed by atoms with van der Waals surface area (Å²) >= 11 is 3.59. The highest BCUT2D eigenvalue weighted by Crippen LogP contribution is 2.29. The molecule has 0 bridgehead atoms. The van der Waals surface area contributed by atoms with Crippen molar-refractivity contribution in [2.45, 2.75) is 59.2 Å². The summed E-state index contributed by atoms with van der Waals surface area (Å²) in [6.07, 6.45) is 2.90. The van der Waals surface area contributed by atoms with E-state index in [4.69, 9.17) is 0 Å².